The SMILES string of the molecule is CCCCCCCCC1(C)CC(=C(C#N)C#N)/C(=C\C(=O)O)C1=C(C#N)C#N. The number of aliphatic carboxylic acids is 1. The molecule has 6 heteroatoms. The average Bonchev–Trinajstić information content (AvgIpc) is 2.93. The summed E-state index contributed by atoms with van der Waals surface area (Å²) < 4.78 is 0. The molecular formula is C22H24N4O2. The highest BCUT2D eigenvalue weighted by Crippen LogP contribution is 2.54. The second kappa shape index (κ2) is 10.7. The van der Waals surface area contributed by atoms with Gasteiger partial charge in [-0.25, -0.2) is 4.79 Å². The predicted molar refractivity (Wildman–Crippen MR) is 103 cm³/mol. The quantitative estimate of drug-likeness (QED) is 0.366. The Labute approximate surface area is 166 Å². The van der Waals surface area contributed by atoms with E-state index >= 15 is 0 Å². The van der Waals surface area contributed by atoms with Gasteiger partial charge in [0.1, 0.15) is 35.4 Å². The van der Waals surface area contributed by atoms with E-state index < -0.39 is 11.4 Å². The summed E-state index contributed by atoms with van der Waals surface area (Å²) in [7, 11) is 0. The fourth-order valence-corrected chi connectivity index (χ4v) is 3.80. The van der Waals surface area contributed by atoms with Crippen LogP contribution in [-0.2, 0) is 4.79 Å². The molecule has 144 valence electrons. The fourth-order valence-electron chi connectivity index (χ4n) is 3.80. The van der Waals surface area contributed by atoms with E-state index in [-0.39, 0.29) is 23.1 Å². The monoisotopic (exact) mass is 376 g/mol. The standard InChI is InChI=1S/C22H24N4O2/c1-3-4-5-6-7-8-9-22(2)11-19(16(12-23)13-24)18(10-20(27)28)21(22)17(14-25)15-26/h10H,3-9,11H2,1-2H3,(H,27,28)/b18-10+. The number of carboxylic acid groups (broad SMARTS) is 1. The molecule has 0 aliphatic heterocycles. The molecule has 0 heterocycles. The maximum atomic E-state index is 11.4. The molecule has 1 rings (SSSR count). The van der Waals surface area contributed by atoms with Crippen molar-refractivity contribution in [3.63, 3.8) is 0 Å². The van der Waals surface area contributed by atoms with Crippen molar-refractivity contribution in [2.75, 3.05) is 0 Å². The van der Waals surface area contributed by atoms with Crippen molar-refractivity contribution in [2.24, 2.45) is 5.41 Å². The topological polar surface area (TPSA) is 132 Å². The third-order valence-electron chi connectivity index (χ3n) is 5.11. The zero-order valence-electron chi connectivity index (χ0n) is 16.4. The van der Waals surface area contributed by atoms with Crippen molar-refractivity contribution < 1.29 is 9.90 Å². The van der Waals surface area contributed by atoms with E-state index in [0.29, 0.717) is 17.6 Å². The zero-order chi connectivity index (χ0) is 21.2. The molecular weight excluding hydrogens is 352 g/mol. The minimum Gasteiger partial charge on any atom is -0.478 e. The molecule has 28 heavy (non-hydrogen) atoms. The van der Waals surface area contributed by atoms with Gasteiger partial charge in [-0.15, -0.1) is 0 Å². The molecule has 6 nitrogen and oxygen atoms in total. The number of hydrogen-bond acceptors (Lipinski definition) is 5. The van der Waals surface area contributed by atoms with Crippen LogP contribution < -0.4 is 0 Å². The summed E-state index contributed by atoms with van der Waals surface area (Å²) in [6.07, 6.45) is 8.25. The van der Waals surface area contributed by atoms with E-state index in [4.69, 9.17) is 0 Å². The van der Waals surface area contributed by atoms with Crippen LogP contribution in [0.1, 0.15) is 65.2 Å². The smallest absolute Gasteiger partial charge is 0.328 e. The number of hydrogen-bond donors (Lipinski definition) is 1. The first-order valence-corrected chi connectivity index (χ1v) is 9.42. The largest absolute Gasteiger partial charge is 0.478 e. The first kappa shape index (κ1) is 22.7. The van der Waals surface area contributed by atoms with Crippen LogP contribution in [0.25, 0.3) is 0 Å². The number of carbonyl (C=O) groups is 1. The third kappa shape index (κ3) is 5.33. The van der Waals surface area contributed by atoms with Gasteiger partial charge in [-0.05, 0) is 35.0 Å². The number of allylic oxidation sites excluding steroid dienone is 5. The Morgan fingerprint density at radius 3 is 2.04 bits per heavy atom. The molecule has 0 spiro atoms. The summed E-state index contributed by atoms with van der Waals surface area (Å²) in [4.78, 5) is 11.4. The summed E-state index contributed by atoms with van der Waals surface area (Å²) in [6.45, 7) is 4.02. The summed E-state index contributed by atoms with van der Waals surface area (Å²) in [5.74, 6) is -1.25. The van der Waals surface area contributed by atoms with Crippen LogP contribution in [0.4, 0.5) is 0 Å². The lowest BCUT2D eigenvalue weighted by atomic mass is 9.77. The maximum Gasteiger partial charge on any atom is 0.328 e. The molecule has 0 saturated heterocycles. The van der Waals surface area contributed by atoms with Crippen LogP contribution in [0.3, 0.4) is 0 Å². The lowest BCUT2D eigenvalue weighted by Crippen LogP contribution is -2.16. The summed E-state index contributed by atoms with van der Waals surface area (Å²) >= 11 is 0. The van der Waals surface area contributed by atoms with E-state index in [1.807, 2.05) is 31.2 Å². The summed E-state index contributed by atoms with van der Waals surface area (Å²) in [6, 6.07) is 7.36. The first-order valence-electron chi connectivity index (χ1n) is 9.42. The Bertz CT molecular complexity index is 849. The van der Waals surface area contributed by atoms with Crippen LogP contribution in [-0.4, -0.2) is 11.1 Å². The van der Waals surface area contributed by atoms with Gasteiger partial charge in [0.15, 0.2) is 0 Å². The van der Waals surface area contributed by atoms with Gasteiger partial charge in [0.05, 0.1) is 0 Å². The van der Waals surface area contributed by atoms with Crippen LogP contribution >= 0.6 is 0 Å². The van der Waals surface area contributed by atoms with Crippen molar-refractivity contribution in [3.8, 4) is 24.3 Å². The Hall–Kier alpha value is -3.35. The predicted octanol–water partition coefficient (Wildman–Crippen LogP) is 4.85. The number of rotatable bonds is 8. The molecule has 1 aliphatic rings. The molecule has 0 radical (unpaired) electrons. The van der Waals surface area contributed by atoms with Gasteiger partial charge < -0.3 is 5.11 Å². The Balaban J connectivity index is 3.42. The van der Waals surface area contributed by atoms with Crippen LogP contribution in [0.2, 0.25) is 0 Å². The second-order valence-electron chi connectivity index (χ2n) is 7.20. The lowest BCUT2D eigenvalue weighted by molar-refractivity contribution is -0.131. The molecule has 0 aromatic carbocycles. The molecule has 1 aliphatic carbocycles. The molecule has 0 bridgehead atoms. The van der Waals surface area contributed by atoms with Gasteiger partial charge in [0.2, 0.25) is 0 Å². The summed E-state index contributed by atoms with van der Waals surface area (Å²) in [5.41, 5.74) is -0.207. The van der Waals surface area contributed by atoms with Gasteiger partial charge in [0.25, 0.3) is 0 Å². The summed E-state index contributed by atoms with van der Waals surface area (Å²) in [5, 5.41) is 46.7. The third-order valence-corrected chi connectivity index (χ3v) is 5.11. The van der Waals surface area contributed by atoms with Gasteiger partial charge in [-0.3, -0.25) is 0 Å². The van der Waals surface area contributed by atoms with E-state index in [1.165, 1.54) is 6.42 Å². The average molecular weight is 376 g/mol. The highest BCUT2D eigenvalue weighted by atomic mass is 16.4. The number of unbranched alkanes of at least 4 members (excludes halogenated alkanes) is 5. The minimum absolute atomic E-state index is 0.150. The Morgan fingerprint density at radius 1 is 1.00 bits per heavy atom. The fraction of sp³-hybridized carbons (Fsp3) is 0.500. The molecule has 0 aromatic rings. The Morgan fingerprint density at radius 2 is 1.54 bits per heavy atom. The zero-order valence-corrected chi connectivity index (χ0v) is 16.4. The molecule has 1 fully saturated rings. The van der Waals surface area contributed by atoms with Crippen molar-refractivity contribution in [2.45, 2.75) is 65.2 Å². The van der Waals surface area contributed by atoms with E-state index in [0.717, 1.165) is 38.2 Å². The minimum atomic E-state index is -1.25. The lowest BCUT2D eigenvalue weighted by Gasteiger charge is -2.26. The molecule has 1 N–H and O–H groups in total. The van der Waals surface area contributed by atoms with Gasteiger partial charge in [0, 0.05) is 6.08 Å². The van der Waals surface area contributed by atoms with Crippen LogP contribution in [0.5, 0.6) is 0 Å². The number of carboxylic acids is 1. The van der Waals surface area contributed by atoms with Crippen molar-refractivity contribution in [3.05, 3.63) is 33.9 Å². The van der Waals surface area contributed by atoms with E-state index in [2.05, 4.69) is 6.92 Å². The second-order valence-corrected chi connectivity index (χ2v) is 7.20. The highest BCUT2D eigenvalue weighted by molar-refractivity contribution is 5.85. The molecule has 1 atom stereocenters. The number of nitriles is 4. The Kier molecular flexibility index (Phi) is 8.68. The molecule has 1 unspecified atom stereocenters. The molecule has 1 saturated carbocycles. The van der Waals surface area contributed by atoms with Crippen molar-refractivity contribution in [1.82, 2.24) is 0 Å². The van der Waals surface area contributed by atoms with Gasteiger partial charge in [-0.1, -0.05) is 52.4 Å². The maximum absolute atomic E-state index is 11.4. The van der Waals surface area contributed by atoms with Crippen LogP contribution in [0.15, 0.2) is 33.9 Å². The van der Waals surface area contributed by atoms with Gasteiger partial charge in [-0.2, -0.15) is 21.0 Å². The highest BCUT2D eigenvalue weighted by Gasteiger charge is 2.43. The van der Waals surface area contributed by atoms with Crippen LogP contribution in [0, 0.1) is 50.7 Å². The van der Waals surface area contributed by atoms with E-state index in [9.17, 15) is 30.9 Å². The number of nitrogens with zero attached hydrogens (tertiary/aromatic N) is 4. The van der Waals surface area contributed by atoms with Gasteiger partial charge >= 0.3 is 5.97 Å². The molecule has 0 aromatic heterocycles. The molecule has 0 amide bonds. The normalized spacial score (nSPS) is 19.4. The van der Waals surface area contributed by atoms with Crippen molar-refractivity contribution in [1.29, 1.82) is 21.0 Å². The first-order chi connectivity index (χ1) is 13.4. The van der Waals surface area contributed by atoms with Crippen molar-refractivity contribution >= 4 is 5.97 Å². The van der Waals surface area contributed by atoms with E-state index in [1.54, 1.807) is 0 Å².